The Morgan fingerprint density at radius 2 is 1.88 bits per heavy atom. The fourth-order valence-electron chi connectivity index (χ4n) is 3.74. The van der Waals surface area contributed by atoms with Crippen molar-refractivity contribution in [1.29, 1.82) is 0 Å². The van der Waals surface area contributed by atoms with Crippen molar-refractivity contribution in [3.8, 4) is 0 Å². The minimum Gasteiger partial charge on any atom is -0.337 e. The van der Waals surface area contributed by atoms with E-state index in [0.29, 0.717) is 23.2 Å². The number of nitrogens with one attached hydrogen (secondary N) is 1. The van der Waals surface area contributed by atoms with E-state index < -0.39 is 0 Å². The van der Waals surface area contributed by atoms with Crippen molar-refractivity contribution in [1.82, 2.24) is 25.2 Å². The van der Waals surface area contributed by atoms with Gasteiger partial charge in [0.25, 0.3) is 5.91 Å². The standard InChI is InChI=1S/C17H29N5O.ClH/c1-17(2)8-4-13(5-9-17)21(3)16(23)15-12-22(20-19-15)14-6-10-18-11-7-14;/h12-14,18H,4-11H2,1-3H3;1H. The first-order valence-electron chi connectivity index (χ1n) is 8.86. The van der Waals surface area contributed by atoms with Gasteiger partial charge in [-0.3, -0.25) is 4.79 Å². The van der Waals surface area contributed by atoms with Crippen molar-refractivity contribution in [2.75, 3.05) is 20.1 Å². The van der Waals surface area contributed by atoms with E-state index >= 15 is 0 Å². The Labute approximate surface area is 150 Å². The molecule has 0 radical (unpaired) electrons. The van der Waals surface area contributed by atoms with Crippen LogP contribution in [0, 0.1) is 5.41 Å². The highest BCUT2D eigenvalue weighted by Gasteiger charge is 2.31. The number of carbonyl (C=O) groups excluding carboxylic acids is 1. The molecule has 2 heterocycles. The van der Waals surface area contributed by atoms with Crippen LogP contribution in [0.1, 0.15) is 68.9 Å². The molecule has 1 saturated carbocycles. The Bertz CT molecular complexity index is 543. The summed E-state index contributed by atoms with van der Waals surface area (Å²) in [7, 11) is 1.91. The van der Waals surface area contributed by atoms with Crippen LogP contribution < -0.4 is 5.32 Å². The zero-order chi connectivity index (χ0) is 16.4. The highest BCUT2D eigenvalue weighted by Crippen LogP contribution is 2.36. The van der Waals surface area contributed by atoms with Crippen LogP contribution in [0.4, 0.5) is 0 Å². The van der Waals surface area contributed by atoms with Gasteiger partial charge >= 0.3 is 0 Å². The summed E-state index contributed by atoms with van der Waals surface area (Å²) in [4.78, 5) is 14.6. The molecule has 1 aromatic rings. The summed E-state index contributed by atoms with van der Waals surface area (Å²) in [6.45, 7) is 6.64. The maximum Gasteiger partial charge on any atom is 0.276 e. The van der Waals surface area contributed by atoms with Gasteiger partial charge in [0.05, 0.1) is 12.2 Å². The van der Waals surface area contributed by atoms with Gasteiger partial charge in [0.15, 0.2) is 5.69 Å². The SMILES string of the molecule is CN(C(=O)c1cn(C2CCNCC2)nn1)C1CCC(C)(C)CC1.Cl. The average Bonchev–Trinajstić information content (AvgIpc) is 3.04. The largest absolute Gasteiger partial charge is 0.337 e. The predicted molar refractivity (Wildman–Crippen MR) is 96.5 cm³/mol. The van der Waals surface area contributed by atoms with Crippen LogP contribution in [0.5, 0.6) is 0 Å². The van der Waals surface area contributed by atoms with E-state index in [4.69, 9.17) is 0 Å². The number of hydrogen-bond acceptors (Lipinski definition) is 4. The summed E-state index contributed by atoms with van der Waals surface area (Å²) in [6, 6.07) is 0.700. The molecule has 24 heavy (non-hydrogen) atoms. The summed E-state index contributed by atoms with van der Waals surface area (Å²) in [5.41, 5.74) is 0.898. The number of halogens is 1. The summed E-state index contributed by atoms with van der Waals surface area (Å²) in [5, 5.41) is 11.7. The zero-order valence-corrected chi connectivity index (χ0v) is 15.8. The van der Waals surface area contributed by atoms with Gasteiger partial charge in [-0.1, -0.05) is 19.1 Å². The lowest BCUT2D eigenvalue weighted by Crippen LogP contribution is -2.41. The molecule has 1 amide bonds. The van der Waals surface area contributed by atoms with Crippen LogP contribution in [-0.4, -0.2) is 52.0 Å². The molecule has 1 aromatic heterocycles. The number of rotatable bonds is 3. The number of aromatic nitrogens is 3. The molecule has 2 aliphatic rings. The first kappa shape index (κ1) is 19.2. The Morgan fingerprint density at radius 1 is 1.25 bits per heavy atom. The highest BCUT2D eigenvalue weighted by atomic mass is 35.5. The minimum atomic E-state index is 0. The summed E-state index contributed by atoms with van der Waals surface area (Å²) in [6.07, 6.45) is 8.44. The van der Waals surface area contributed by atoms with Gasteiger partial charge < -0.3 is 10.2 Å². The second-order valence-corrected chi connectivity index (χ2v) is 7.88. The number of carbonyl (C=O) groups is 1. The van der Waals surface area contributed by atoms with Gasteiger partial charge in [0.2, 0.25) is 0 Å². The summed E-state index contributed by atoms with van der Waals surface area (Å²) >= 11 is 0. The molecule has 0 bridgehead atoms. The summed E-state index contributed by atoms with van der Waals surface area (Å²) < 4.78 is 1.88. The molecule has 0 spiro atoms. The lowest BCUT2D eigenvalue weighted by Gasteiger charge is -2.38. The monoisotopic (exact) mass is 355 g/mol. The Hall–Kier alpha value is -1.14. The Morgan fingerprint density at radius 3 is 2.50 bits per heavy atom. The molecule has 2 fully saturated rings. The molecule has 1 N–H and O–H groups in total. The molecular weight excluding hydrogens is 326 g/mol. The third-order valence-corrected chi connectivity index (χ3v) is 5.59. The van der Waals surface area contributed by atoms with E-state index in [9.17, 15) is 4.79 Å². The van der Waals surface area contributed by atoms with E-state index in [1.54, 1.807) is 0 Å². The molecular formula is C17H30ClN5O. The van der Waals surface area contributed by atoms with Crippen molar-refractivity contribution in [3.05, 3.63) is 11.9 Å². The topological polar surface area (TPSA) is 63.1 Å². The molecule has 7 heteroatoms. The van der Waals surface area contributed by atoms with Crippen molar-refractivity contribution >= 4 is 18.3 Å². The first-order valence-corrected chi connectivity index (χ1v) is 8.86. The van der Waals surface area contributed by atoms with Crippen LogP contribution in [-0.2, 0) is 0 Å². The van der Waals surface area contributed by atoms with E-state index in [1.807, 2.05) is 22.8 Å². The van der Waals surface area contributed by atoms with Crippen LogP contribution in [0.25, 0.3) is 0 Å². The number of piperidine rings is 1. The maximum absolute atomic E-state index is 12.7. The smallest absolute Gasteiger partial charge is 0.276 e. The average molecular weight is 356 g/mol. The molecule has 0 atom stereocenters. The molecule has 0 unspecified atom stereocenters. The molecule has 1 aliphatic carbocycles. The van der Waals surface area contributed by atoms with E-state index in [-0.39, 0.29) is 18.3 Å². The van der Waals surface area contributed by atoms with Crippen molar-refractivity contribution in [2.24, 2.45) is 5.41 Å². The minimum absolute atomic E-state index is 0. The van der Waals surface area contributed by atoms with Crippen molar-refractivity contribution in [2.45, 2.75) is 64.5 Å². The van der Waals surface area contributed by atoms with Gasteiger partial charge in [0.1, 0.15) is 0 Å². The molecule has 136 valence electrons. The highest BCUT2D eigenvalue weighted by molar-refractivity contribution is 5.92. The number of hydrogen-bond donors (Lipinski definition) is 1. The normalized spacial score (nSPS) is 22.0. The molecule has 3 rings (SSSR count). The molecule has 1 saturated heterocycles. The molecule has 6 nitrogen and oxygen atoms in total. The van der Waals surface area contributed by atoms with Crippen LogP contribution in [0.3, 0.4) is 0 Å². The zero-order valence-electron chi connectivity index (χ0n) is 15.0. The Balaban J connectivity index is 0.00000208. The fraction of sp³-hybridized carbons (Fsp3) is 0.824. The number of nitrogens with zero attached hydrogens (tertiary/aromatic N) is 4. The van der Waals surface area contributed by atoms with E-state index in [2.05, 4.69) is 29.5 Å². The molecule has 0 aromatic carbocycles. The van der Waals surface area contributed by atoms with Crippen molar-refractivity contribution < 1.29 is 4.79 Å². The van der Waals surface area contributed by atoms with Gasteiger partial charge in [0, 0.05) is 13.1 Å². The fourth-order valence-corrected chi connectivity index (χ4v) is 3.74. The first-order chi connectivity index (χ1) is 11.0. The van der Waals surface area contributed by atoms with Crippen molar-refractivity contribution in [3.63, 3.8) is 0 Å². The number of amides is 1. The quantitative estimate of drug-likeness (QED) is 0.905. The lowest BCUT2D eigenvalue weighted by atomic mass is 9.75. The van der Waals surface area contributed by atoms with Crippen LogP contribution in [0.2, 0.25) is 0 Å². The second kappa shape index (κ2) is 7.83. The van der Waals surface area contributed by atoms with E-state index in [1.165, 1.54) is 12.8 Å². The van der Waals surface area contributed by atoms with Gasteiger partial charge in [-0.05, 0) is 57.0 Å². The van der Waals surface area contributed by atoms with Crippen LogP contribution in [0.15, 0.2) is 6.20 Å². The molecule has 1 aliphatic heterocycles. The van der Waals surface area contributed by atoms with Crippen LogP contribution >= 0.6 is 12.4 Å². The predicted octanol–water partition coefficient (Wildman–Crippen LogP) is 2.67. The van der Waals surface area contributed by atoms with Gasteiger partial charge in [-0.25, -0.2) is 4.68 Å². The second-order valence-electron chi connectivity index (χ2n) is 7.88. The third-order valence-electron chi connectivity index (χ3n) is 5.59. The Kier molecular flexibility index (Phi) is 6.26. The van der Waals surface area contributed by atoms with E-state index in [0.717, 1.165) is 38.8 Å². The van der Waals surface area contributed by atoms with Gasteiger partial charge in [-0.15, -0.1) is 17.5 Å². The lowest BCUT2D eigenvalue weighted by molar-refractivity contribution is 0.0629. The summed E-state index contributed by atoms with van der Waals surface area (Å²) in [5.74, 6) is 0.00916. The maximum atomic E-state index is 12.7. The van der Waals surface area contributed by atoms with Gasteiger partial charge in [-0.2, -0.15) is 0 Å². The third kappa shape index (κ3) is 4.28.